The van der Waals surface area contributed by atoms with Crippen molar-refractivity contribution in [3.63, 3.8) is 0 Å². The number of anilines is 1. The van der Waals surface area contributed by atoms with Gasteiger partial charge in [-0.25, -0.2) is 9.69 Å². The second kappa shape index (κ2) is 6.99. The highest BCUT2D eigenvalue weighted by molar-refractivity contribution is 6.22. The molecule has 27 heavy (non-hydrogen) atoms. The van der Waals surface area contributed by atoms with E-state index in [2.05, 4.69) is 6.92 Å². The minimum atomic E-state index is -0.520. The van der Waals surface area contributed by atoms with Crippen LogP contribution in [0.5, 0.6) is 5.75 Å². The van der Waals surface area contributed by atoms with Crippen molar-refractivity contribution in [2.45, 2.75) is 26.2 Å². The zero-order valence-corrected chi connectivity index (χ0v) is 15.1. The van der Waals surface area contributed by atoms with E-state index >= 15 is 0 Å². The molecule has 5 nitrogen and oxygen atoms in total. The van der Waals surface area contributed by atoms with E-state index in [1.807, 2.05) is 6.07 Å². The standard InChI is InChI=1S/C22H21NO4/c1-14-11-12-16-17(13-14)21(25)23(20(16)24)18-9-5-6-10-19(18)27-22(26)15-7-3-2-4-8-15/h2-10,14,16-17H,11-13H2,1H3/t14-,16+,17+/m0/s1. The first-order valence-electron chi connectivity index (χ1n) is 9.30. The van der Waals surface area contributed by atoms with Gasteiger partial charge in [0.1, 0.15) is 0 Å². The molecule has 2 fully saturated rings. The number of carbonyl (C=O) groups excluding carboxylic acids is 3. The van der Waals surface area contributed by atoms with Crippen molar-refractivity contribution >= 4 is 23.5 Å². The van der Waals surface area contributed by atoms with Crippen LogP contribution in [0.4, 0.5) is 5.69 Å². The van der Waals surface area contributed by atoms with Crippen molar-refractivity contribution < 1.29 is 19.1 Å². The fourth-order valence-electron chi connectivity index (χ4n) is 4.09. The average molecular weight is 363 g/mol. The minimum absolute atomic E-state index is 0.180. The zero-order valence-electron chi connectivity index (χ0n) is 15.1. The number of nitrogens with zero attached hydrogens (tertiary/aromatic N) is 1. The molecule has 2 amide bonds. The molecule has 0 aromatic heterocycles. The van der Waals surface area contributed by atoms with Gasteiger partial charge in [0, 0.05) is 0 Å². The predicted molar refractivity (Wildman–Crippen MR) is 100 cm³/mol. The Labute approximate surface area is 157 Å². The highest BCUT2D eigenvalue weighted by Crippen LogP contribution is 2.44. The number of esters is 1. The first-order chi connectivity index (χ1) is 13.1. The number of hydrogen-bond acceptors (Lipinski definition) is 4. The van der Waals surface area contributed by atoms with Gasteiger partial charge in [-0.05, 0) is 49.4 Å². The summed E-state index contributed by atoms with van der Waals surface area (Å²) < 4.78 is 5.53. The topological polar surface area (TPSA) is 63.7 Å². The van der Waals surface area contributed by atoms with Crippen LogP contribution in [0.1, 0.15) is 36.5 Å². The van der Waals surface area contributed by atoms with E-state index < -0.39 is 5.97 Å². The third kappa shape index (κ3) is 3.14. The van der Waals surface area contributed by atoms with Gasteiger partial charge in [-0.2, -0.15) is 0 Å². The third-order valence-corrected chi connectivity index (χ3v) is 5.51. The lowest BCUT2D eigenvalue weighted by Gasteiger charge is -2.25. The number of amides is 2. The monoisotopic (exact) mass is 363 g/mol. The molecule has 0 bridgehead atoms. The summed E-state index contributed by atoms with van der Waals surface area (Å²) in [4.78, 5) is 39.5. The summed E-state index contributed by atoms with van der Waals surface area (Å²) in [6, 6.07) is 15.4. The molecule has 2 aliphatic rings. The van der Waals surface area contributed by atoms with Gasteiger partial charge < -0.3 is 4.74 Å². The molecular formula is C22H21NO4. The molecule has 0 N–H and O–H groups in total. The van der Waals surface area contributed by atoms with Gasteiger partial charge in [0.25, 0.3) is 0 Å². The second-order valence-corrected chi connectivity index (χ2v) is 7.37. The lowest BCUT2D eigenvalue weighted by atomic mass is 9.76. The molecule has 138 valence electrons. The van der Waals surface area contributed by atoms with E-state index in [0.29, 0.717) is 17.2 Å². The molecular weight excluding hydrogens is 342 g/mol. The molecule has 2 aromatic carbocycles. The van der Waals surface area contributed by atoms with Gasteiger partial charge in [0.2, 0.25) is 11.8 Å². The minimum Gasteiger partial charge on any atom is -0.421 e. The van der Waals surface area contributed by atoms with Gasteiger partial charge in [-0.15, -0.1) is 0 Å². The Hall–Kier alpha value is -2.95. The van der Waals surface area contributed by atoms with Crippen molar-refractivity contribution in [3.8, 4) is 5.75 Å². The Kier molecular flexibility index (Phi) is 4.52. The Balaban J connectivity index is 1.64. The molecule has 0 radical (unpaired) electrons. The van der Waals surface area contributed by atoms with Crippen molar-refractivity contribution in [2.75, 3.05) is 4.90 Å². The fraction of sp³-hybridized carbons (Fsp3) is 0.318. The smallest absolute Gasteiger partial charge is 0.343 e. The van der Waals surface area contributed by atoms with Gasteiger partial charge in [-0.3, -0.25) is 9.59 Å². The van der Waals surface area contributed by atoms with Gasteiger partial charge >= 0.3 is 5.97 Å². The summed E-state index contributed by atoms with van der Waals surface area (Å²) in [5.74, 6) is -0.743. The molecule has 1 saturated heterocycles. The van der Waals surface area contributed by atoms with E-state index in [0.717, 1.165) is 19.3 Å². The number of imide groups is 1. The maximum absolute atomic E-state index is 13.0. The number of fused-ring (bicyclic) bond motifs is 1. The molecule has 1 aliphatic carbocycles. The van der Waals surface area contributed by atoms with Crippen molar-refractivity contribution in [3.05, 3.63) is 60.2 Å². The summed E-state index contributed by atoms with van der Waals surface area (Å²) in [5.41, 5.74) is 0.757. The highest BCUT2D eigenvalue weighted by Gasteiger charge is 2.50. The second-order valence-electron chi connectivity index (χ2n) is 7.37. The largest absolute Gasteiger partial charge is 0.421 e. The normalized spacial score (nSPS) is 24.6. The third-order valence-electron chi connectivity index (χ3n) is 5.51. The molecule has 2 aromatic rings. The van der Waals surface area contributed by atoms with Crippen LogP contribution in [-0.2, 0) is 9.59 Å². The molecule has 4 rings (SSSR count). The first-order valence-corrected chi connectivity index (χ1v) is 9.30. The Morgan fingerprint density at radius 1 is 0.926 bits per heavy atom. The van der Waals surface area contributed by atoms with Crippen molar-refractivity contribution in [2.24, 2.45) is 17.8 Å². The molecule has 0 unspecified atom stereocenters. The summed E-state index contributed by atoms with van der Waals surface area (Å²) >= 11 is 0. The van der Waals surface area contributed by atoms with Gasteiger partial charge in [0.05, 0.1) is 23.1 Å². The van der Waals surface area contributed by atoms with Crippen LogP contribution >= 0.6 is 0 Å². The quantitative estimate of drug-likeness (QED) is 0.472. The number of benzene rings is 2. The van der Waals surface area contributed by atoms with Crippen LogP contribution in [0.3, 0.4) is 0 Å². The molecule has 0 spiro atoms. The van der Waals surface area contributed by atoms with Crippen LogP contribution in [0, 0.1) is 17.8 Å². The number of carbonyl (C=O) groups is 3. The van der Waals surface area contributed by atoms with Crippen LogP contribution < -0.4 is 9.64 Å². The lowest BCUT2D eigenvalue weighted by Crippen LogP contribution is -2.31. The number of rotatable bonds is 3. The van der Waals surface area contributed by atoms with E-state index in [-0.39, 0.29) is 29.4 Å². The zero-order chi connectivity index (χ0) is 19.0. The lowest BCUT2D eigenvalue weighted by molar-refractivity contribution is -0.122. The molecule has 1 heterocycles. The summed E-state index contributed by atoms with van der Waals surface area (Å²) in [6.45, 7) is 2.12. The van der Waals surface area contributed by atoms with Crippen LogP contribution in [-0.4, -0.2) is 17.8 Å². The van der Waals surface area contributed by atoms with Crippen molar-refractivity contribution in [1.29, 1.82) is 0 Å². The van der Waals surface area contributed by atoms with E-state index in [1.165, 1.54) is 4.90 Å². The molecule has 5 heteroatoms. The van der Waals surface area contributed by atoms with Crippen LogP contribution in [0.2, 0.25) is 0 Å². The van der Waals surface area contributed by atoms with E-state index in [4.69, 9.17) is 4.74 Å². The average Bonchev–Trinajstić information content (AvgIpc) is 2.93. The summed E-state index contributed by atoms with van der Waals surface area (Å²) in [7, 11) is 0. The number of para-hydroxylation sites is 2. The first kappa shape index (κ1) is 17.5. The molecule has 3 atom stereocenters. The summed E-state index contributed by atoms with van der Waals surface area (Å²) in [6.07, 6.45) is 2.43. The van der Waals surface area contributed by atoms with Crippen LogP contribution in [0.25, 0.3) is 0 Å². The van der Waals surface area contributed by atoms with Crippen molar-refractivity contribution in [1.82, 2.24) is 0 Å². The predicted octanol–water partition coefficient (Wildman–Crippen LogP) is 3.83. The maximum Gasteiger partial charge on any atom is 0.343 e. The number of hydrogen-bond donors (Lipinski definition) is 0. The summed E-state index contributed by atoms with van der Waals surface area (Å²) in [5, 5.41) is 0. The Bertz CT molecular complexity index is 892. The van der Waals surface area contributed by atoms with Gasteiger partial charge in [-0.1, -0.05) is 37.3 Å². The van der Waals surface area contributed by atoms with E-state index in [9.17, 15) is 14.4 Å². The number of ether oxygens (including phenoxy) is 1. The fourth-order valence-corrected chi connectivity index (χ4v) is 4.09. The Morgan fingerprint density at radius 2 is 1.59 bits per heavy atom. The maximum atomic E-state index is 13.0. The Morgan fingerprint density at radius 3 is 2.37 bits per heavy atom. The molecule has 1 aliphatic heterocycles. The van der Waals surface area contributed by atoms with Crippen LogP contribution in [0.15, 0.2) is 54.6 Å². The molecule has 1 saturated carbocycles. The van der Waals surface area contributed by atoms with E-state index in [1.54, 1.807) is 48.5 Å². The highest BCUT2D eigenvalue weighted by atomic mass is 16.5. The SMILES string of the molecule is C[C@H]1CC[C@H]2C(=O)N(c3ccccc3OC(=O)c3ccccc3)C(=O)[C@@H]2C1. The van der Waals surface area contributed by atoms with Gasteiger partial charge in [0.15, 0.2) is 5.75 Å².